The first-order valence-electron chi connectivity index (χ1n) is 10.1. The van der Waals surface area contributed by atoms with Crippen LogP contribution in [-0.4, -0.2) is 28.4 Å². The molecule has 0 bridgehead atoms. The standard InChI is InChI=1S/C25H21N3O4/c1-2-32-19-14-12-18(13-15-19)28-24(30)21-11-7-6-10-20(21)22(25(28)31)16-26-27-23(29)17-8-4-3-5-9-17/h3-16,31H,2H2,1H3,(H,27,29). The third-order valence-electron chi connectivity index (χ3n) is 4.91. The Kier molecular flexibility index (Phi) is 5.98. The highest BCUT2D eigenvalue weighted by Crippen LogP contribution is 2.26. The van der Waals surface area contributed by atoms with Crippen LogP contribution < -0.4 is 15.7 Å². The van der Waals surface area contributed by atoms with Crippen LogP contribution in [0.3, 0.4) is 0 Å². The minimum atomic E-state index is -0.384. The Hall–Kier alpha value is -4.39. The molecule has 0 unspecified atom stereocenters. The van der Waals surface area contributed by atoms with Crippen molar-refractivity contribution < 1.29 is 14.6 Å². The van der Waals surface area contributed by atoms with Gasteiger partial charge in [-0.05, 0) is 49.4 Å². The second-order valence-electron chi connectivity index (χ2n) is 6.92. The van der Waals surface area contributed by atoms with Crippen LogP contribution in [0.5, 0.6) is 11.6 Å². The maximum atomic E-state index is 13.1. The van der Waals surface area contributed by atoms with Gasteiger partial charge in [-0.1, -0.05) is 36.4 Å². The summed E-state index contributed by atoms with van der Waals surface area (Å²) in [6, 6.07) is 22.4. The van der Waals surface area contributed by atoms with Crippen LogP contribution >= 0.6 is 0 Å². The highest BCUT2D eigenvalue weighted by molar-refractivity contribution is 6.02. The van der Waals surface area contributed by atoms with Gasteiger partial charge in [0.05, 0.1) is 24.1 Å². The topological polar surface area (TPSA) is 92.9 Å². The second-order valence-corrected chi connectivity index (χ2v) is 6.92. The Morgan fingerprint density at radius 1 is 1.00 bits per heavy atom. The summed E-state index contributed by atoms with van der Waals surface area (Å²) in [5.41, 5.74) is 3.32. The van der Waals surface area contributed by atoms with E-state index in [-0.39, 0.29) is 17.3 Å². The fraction of sp³-hybridized carbons (Fsp3) is 0.0800. The molecule has 2 N–H and O–H groups in total. The molecule has 4 rings (SSSR count). The van der Waals surface area contributed by atoms with Crippen molar-refractivity contribution in [1.29, 1.82) is 0 Å². The van der Waals surface area contributed by atoms with E-state index in [2.05, 4.69) is 10.5 Å². The molecule has 3 aromatic carbocycles. The molecule has 4 aromatic rings. The first-order valence-corrected chi connectivity index (χ1v) is 10.1. The number of amides is 1. The first kappa shape index (κ1) is 20.9. The summed E-state index contributed by atoms with van der Waals surface area (Å²) in [5.74, 6) is -0.00367. The number of hydrogen-bond donors (Lipinski definition) is 2. The molecule has 1 aromatic heterocycles. The molecule has 0 radical (unpaired) electrons. The fourth-order valence-electron chi connectivity index (χ4n) is 3.40. The van der Waals surface area contributed by atoms with Crippen molar-refractivity contribution in [2.75, 3.05) is 6.61 Å². The number of nitrogens with zero attached hydrogens (tertiary/aromatic N) is 2. The number of hydrogen-bond acceptors (Lipinski definition) is 5. The molecule has 160 valence electrons. The number of aromatic nitrogens is 1. The lowest BCUT2D eigenvalue weighted by Crippen LogP contribution is -2.21. The predicted molar refractivity (Wildman–Crippen MR) is 124 cm³/mol. The Morgan fingerprint density at radius 2 is 1.66 bits per heavy atom. The van der Waals surface area contributed by atoms with Crippen LogP contribution in [0.4, 0.5) is 0 Å². The van der Waals surface area contributed by atoms with Crippen molar-refractivity contribution in [3.8, 4) is 17.3 Å². The number of aromatic hydroxyl groups is 1. The summed E-state index contributed by atoms with van der Waals surface area (Å²) in [7, 11) is 0. The molecule has 0 aliphatic carbocycles. The van der Waals surface area contributed by atoms with Crippen LogP contribution in [0.25, 0.3) is 16.5 Å². The maximum Gasteiger partial charge on any atom is 0.271 e. The Labute approximate surface area is 184 Å². The Balaban J connectivity index is 1.76. The van der Waals surface area contributed by atoms with E-state index in [1.807, 2.05) is 13.0 Å². The lowest BCUT2D eigenvalue weighted by molar-refractivity contribution is 0.0955. The summed E-state index contributed by atoms with van der Waals surface area (Å²) in [6.45, 7) is 2.41. The van der Waals surface area contributed by atoms with Crippen molar-refractivity contribution in [2.24, 2.45) is 5.10 Å². The van der Waals surface area contributed by atoms with Crippen LogP contribution in [0.1, 0.15) is 22.8 Å². The monoisotopic (exact) mass is 427 g/mol. The lowest BCUT2D eigenvalue weighted by atomic mass is 10.1. The highest BCUT2D eigenvalue weighted by atomic mass is 16.5. The van der Waals surface area contributed by atoms with E-state index in [4.69, 9.17) is 4.74 Å². The number of rotatable bonds is 6. The molecule has 0 aliphatic heterocycles. The molecule has 7 nitrogen and oxygen atoms in total. The van der Waals surface area contributed by atoms with Gasteiger partial charge in [0, 0.05) is 16.3 Å². The van der Waals surface area contributed by atoms with Gasteiger partial charge in [0.15, 0.2) is 0 Å². The van der Waals surface area contributed by atoms with Gasteiger partial charge in [-0.25, -0.2) is 9.99 Å². The average molecular weight is 427 g/mol. The number of ether oxygens (including phenoxy) is 1. The fourth-order valence-corrected chi connectivity index (χ4v) is 3.40. The van der Waals surface area contributed by atoms with E-state index < -0.39 is 0 Å². The summed E-state index contributed by atoms with van der Waals surface area (Å²) in [4.78, 5) is 25.4. The van der Waals surface area contributed by atoms with E-state index in [0.29, 0.717) is 39.9 Å². The van der Waals surface area contributed by atoms with E-state index in [9.17, 15) is 14.7 Å². The van der Waals surface area contributed by atoms with Crippen molar-refractivity contribution in [2.45, 2.75) is 6.92 Å². The molecule has 1 amide bonds. The van der Waals surface area contributed by atoms with Crippen molar-refractivity contribution in [3.05, 3.63) is 100 Å². The summed E-state index contributed by atoms with van der Waals surface area (Å²) in [6.07, 6.45) is 1.34. The molecule has 0 fully saturated rings. The van der Waals surface area contributed by atoms with Gasteiger partial charge >= 0.3 is 0 Å². The smallest absolute Gasteiger partial charge is 0.271 e. The van der Waals surface area contributed by atoms with Crippen LogP contribution in [0.15, 0.2) is 88.8 Å². The van der Waals surface area contributed by atoms with Crippen molar-refractivity contribution in [1.82, 2.24) is 9.99 Å². The van der Waals surface area contributed by atoms with Crippen molar-refractivity contribution in [3.63, 3.8) is 0 Å². The normalized spacial score (nSPS) is 11.0. The molecular formula is C25H21N3O4. The van der Waals surface area contributed by atoms with E-state index in [1.165, 1.54) is 10.8 Å². The molecular weight excluding hydrogens is 406 g/mol. The molecule has 0 saturated heterocycles. The Morgan fingerprint density at radius 3 is 2.34 bits per heavy atom. The summed E-state index contributed by atoms with van der Waals surface area (Å²) < 4.78 is 6.66. The van der Waals surface area contributed by atoms with Gasteiger partial charge < -0.3 is 9.84 Å². The number of pyridine rings is 1. The van der Waals surface area contributed by atoms with Crippen LogP contribution in [0, 0.1) is 0 Å². The largest absolute Gasteiger partial charge is 0.494 e. The van der Waals surface area contributed by atoms with Gasteiger partial charge in [0.25, 0.3) is 11.5 Å². The number of carbonyl (C=O) groups is 1. The number of benzene rings is 3. The zero-order valence-electron chi connectivity index (χ0n) is 17.4. The van der Waals surface area contributed by atoms with E-state index in [1.54, 1.807) is 72.8 Å². The van der Waals surface area contributed by atoms with Gasteiger partial charge in [0.1, 0.15) is 5.75 Å². The number of carbonyl (C=O) groups excluding carboxylic acids is 1. The predicted octanol–water partition coefficient (Wildman–Crippen LogP) is 3.86. The van der Waals surface area contributed by atoms with Gasteiger partial charge in [-0.3, -0.25) is 9.59 Å². The number of nitrogens with one attached hydrogen (secondary N) is 1. The minimum absolute atomic E-state index is 0.282. The minimum Gasteiger partial charge on any atom is -0.494 e. The second kappa shape index (κ2) is 9.18. The average Bonchev–Trinajstić information content (AvgIpc) is 2.83. The number of fused-ring (bicyclic) bond motifs is 1. The quantitative estimate of drug-likeness (QED) is 0.361. The van der Waals surface area contributed by atoms with Gasteiger partial charge in [-0.2, -0.15) is 5.10 Å². The molecule has 32 heavy (non-hydrogen) atoms. The zero-order valence-corrected chi connectivity index (χ0v) is 17.4. The third-order valence-corrected chi connectivity index (χ3v) is 4.91. The van der Waals surface area contributed by atoms with Crippen LogP contribution in [0.2, 0.25) is 0 Å². The molecule has 0 atom stereocenters. The van der Waals surface area contributed by atoms with E-state index in [0.717, 1.165) is 0 Å². The first-order chi connectivity index (χ1) is 15.6. The lowest BCUT2D eigenvalue weighted by Gasteiger charge is -2.14. The molecule has 7 heteroatoms. The molecule has 0 aliphatic rings. The summed E-state index contributed by atoms with van der Waals surface area (Å²) in [5, 5.41) is 16.0. The van der Waals surface area contributed by atoms with Crippen LogP contribution in [-0.2, 0) is 0 Å². The Bertz CT molecular complexity index is 1340. The van der Waals surface area contributed by atoms with E-state index >= 15 is 0 Å². The maximum absolute atomic E-state index is 13.1. The number of hydrazone groups is 1. The highest BCUT2D eigenvalue weighted by Gasteiger charge is 2.16. The van der Waals surface area contributed by atoms with Crippen molar-refractivity contribution >= 4 is 22.9 Å². The molecule has 1 heterocycles. The SMILES string of the molecule is CCOc1ccc(-n2c(O)c(C=NNC(=O)c3ccccc3)c3ccccc3c2=O)cc1. The van der Waals surface area contributed by atoms with Gasteiger partial charge in [0.2, 0.25) is 5.88 Å². The summed E-state index contributed by atoms with van der Waals surface area (Å²) >= 11 is 0. The zero-order chi connectivity index (χ0) is 22.5. The van der Waals surface area contributed by atoms with Gasteiger partial charge in [-0.15, -0.1) is 0 Å². The third kappa shape index (κ3) is 4.09. The molecule has 0 saturated carbocycles. The molecule has 0 spiro atoms.